The summed E-state index contributed by atoms with van der Waals surface area (Å²) in [4.78, 5) is 11.3. The van der Waals surface area contributed by atoms with E-state index in [-0.39, 0.29) is 19.5 Å². The molecule has 2 aromatic heterocycles. The number of hydrogen-bond donors (Lipinski definition) is 0. The number of hydrogen-bond acceptors (Lipinski definition) is 6. The van der Waals surface area contributed by atoms with Crippen molar-refractivity contribution in [1.29, 1.82) is 0 Å². The maximum atomic E-state index is 5.59. The Kier molecular flexibility index (Phi) is 11.4. The van der Waals surface area contributed by atoms with Crippen molar-refractivity contribution < 1.29 is 19.5 Å². The van der Waals surface area contributed by atoms with Crippen LogP contribution in [0.15, 0.2) is 186 Å². The first kappa shape index (κ1) is 36.9. The third-order valence-corrected chi connectivity index (χ3v) is 16.8. The fourth-order valence-corrected chi connectivity index (χ4v) is 14.4. The van der Waals surface area contributed by atoms with E-state index in [0.29, 0.717) is 0 Å². The number of thiazole rings is 2. The standard InChI is InChI=1S/C31H23NS2Si.C14H11NS2.Zn/c33-29-19-11-10-18-27(29)31-32-28-21-20-26(22-30(28)34-31)35(23-12-4-1-5-13-23,24-14-6-2-7-15-24)25-16-8-3-9-17-25;1-9-6-7-11-13(8-9)17-14(15-11)10-4-2-3-5-12(10)16;/h1-22,33H;2-8,16H,1H3;/q;;+2/p-2. The van der Waals surface area contributed by atoms with Crippen LogP contribution in [0.4, 0.5) is 0 Å². The number of fused-ring (bicyclic) bond motifs is 2. The molecule has 8 heteroatoms. The van der Waals surface area contributed by atoms with Crippen LogP contribution in [0.1, 0.15) is 5.56 Å². The Morgan fingerprint density at radius 2 is 0.830 bits per heavy atom. The summed E-state index contributed by atoms with van der Waals surface area (Å²) < 4.78 is 2.41. The van der Waals surface area contributed by atoms with Crippen molar-refractivity contribution in [1.82, 2.24) is 9.97 Å². The van der Waals surface area contributed by atoms with Gasteiger partial charge in [0.05, 0.1) is 20.4 Å². The molecule has 0 aliphatic rings. The summed E-state index contributed by atoms with van der Waals surface area (Å²) in [6.07, 6.45) is 0. The molecule has 2 nitrogen and oxygen atoms in total. The molecule has 0 N–H and O–H groups in total. The first-order chi connectivity index (χ1) is 25.5. The minimum Gasteiger partial charge on any atom is -0.779 e. The molecule has 0 spiro atoms. The van der Waals surface area contributed by atoms with E-state index in [0.717, 1.165) is 42.0 Å². The molecular formula is C45H32N2S4SiZn. The molecule has 0 aliphatic carbocycles. The summed E-state index contributed by atoms with van der Waals surface area (Å²) >= 11 is 14.3. The zero-order valence-corrected chi connectivity index (χ0v) is 36.2. The molecule has 0 saturated heterocycles. The second-order valence-corrected chi connectivity index (χ2v) is 19.3. The van der Waals surface area contributed by atoms with Gasteiger partial charge in [-0.3, -0.25) is 0 Å². The summed E-state index contributed by atoms with van der Waals surface area (Å²) in [6, 6.07) is 62.2. The van der Waals surface area contributed by atoms with E-state index in [2.05, 4.69) is 145 Å². The van der Waals surface area contributed by atoms with Crippen LogP contribution in [0.25, 0.3) is 41.6 Å². The van der Waals surface area contributed by atoms with Crippen molar-refractivity contribution in [2.75, 3.05) is 0 Å². The van der Waals surface area contributed by atoms with Gasteiger partial charge in [-0.1, -0.05) is 152 Å². The average Bonchev–Trinajstić information content (AvgIpc) is 3.81. The molecule has 252 valence electrons. The Hall–Kier alpha value is -4.40. The molecular weight excluding hydrogens is 790 g/mol. The van der Waals surface area contributed by atoms with Crippen LogP contribution >= 0.6 is 22.7 Å². The zero-order valence-electron chi connectivity index (χ0n) is 29.0. The Morgan fingerprint density at radius 3 is 1.28 bits per heavy atom. The minimum absolute atomic E-state index is 0. The van der Waals surface area contributed by atoms with Gasteiger partial charge in [0.1, 0.15) is 10.0 Å². The molecule has 0 amide bonds. The van der Waals surface area contributed by atoms with Gasteiger partial charge in [0.25, 0.3) is 0 Å². The summed E-state index contributed by atoms with van der Waals surface area (Å²) in [7, 11) is -2.54. The Balaban J connectivity index is 0.000000203. The van der Waals surface area contributed by atoms with E-state index < -0.39 is 8.07 Å². The fourth-order valence-electron chi connectivity index (χ4n) is 6.77. The molecule has 0 bridgehead atoms. The summed E-state index contributed by atoms with van der Waals surface area (Å²) in [5.74, 6) is 0. The van der Waals surface area contributed by atoms with Gasteiger partial charge in [0.15, 0.2) is 8.07 Å². The third kappa shape index (κ3) is 7.41. The Labute approximate surface area is 343 Å². The molecule has 0 radical (unpaired) electrons. The predicted octanol–water partition coefficient (Wildman–Crippen LogP) is 9.42. The molecule has 0 atom stereocenters. The monoisotopic (exact) mass is 820 g/mol. The van der Waals surface area contributed by atoms with E-state index >= 15 is 0 Å². The van der Waals surface area contributed by atoms with E-state index in [1.165, 1.54) is 35.7 Å². The van der Waals surface area contributed by atoms with Crippen molar-refractivity contribution in [2.45, 2.75) is 16.7 Å². The average molecular weight is 823 g/mol. The maximum absolute atomic E-state index is 5.59. The second kappa shape index (κ2) is 16.3. The van der Waals surface area contributed by atoms with Crippen LogP contribution in [0.5, 0.6) is 0 Å². The Morgan fingerprint density at radius 1 is 0.434 bits per heavy atom. The van der Waals surface area contributed by atoms with Crippen LogP contribution in [0.3, 0.4) is 0 Å². The molecule has 0 unspecified atom stereocenters. The van der Waals surface area contributed by atoms with Gasteiger partial charge in [-0.05, 0) is 68.6 Å². The van der Waals surface area contributed by atoms with E-state index in [1.54, 1.807) is 22.7 Å². The number of nitrogens with zero attached hydrogens (tertiary/aromatic N) is 2. The van der Waals surface area contributed by atoms with Crippen molar-refractivity contribution in [3.05, 3.63) is 181 Å². The van der Waals surface area contributed by atoms with Crippen molar-refractivity contribution in [2.24, 2.45) is 0 Å². The summed E-state index contributed by atoms with van der Waals surface area (Å²) in [5.41, 5.74) is 5.42. The van der Waals surface area contributed by atoms with Gasteiger partial charge in [-0.15, -0.1) is 22.7 Å². The first-order valence-electron chi connectivity index (χ1n) is 17.0. The van der Waals surface area contributed by atoms with Gasteiger partial charge in [-0.25, -0.2) is 9.97 Å². The largest absolute Gasteiger partial charge is 2.00 e. The predicted molar refractivity (Wildman–Crippen MR) is 230 cm³/mol. The quantitative estimate of drug-likeness (QED) is 0.0950. The molecule has 0 saturated carbocycles. The van der Waals surface area contributed by atoms with Crippen LogP contribution in [-0.2, 0) is 44.7 Å². The van der Waals surface area contributed by atoms with E-state index in [1.807, 2.05) is 42.5 Å². The summed E-state index contributed by atoms with van der Waals surface area (Å²) in [6.45, 7) is 2.10. The van der Waals surface area contributed by atoms with Crippen LogP contribution < -0.4 is 20.7 Å². The molecule has 53 heavy (non-hydrogen) atoms. The van der Waals surface area contributed by atoms with E-state index in [4.69, 9.17) is 30.2 Å². The van der Waals surface area contributed by atoms with Crippen LogP contribution in [-0.4, -0.2) is 18.0 Å². The van der Waals surface area contributed by atoms with Gasteiger partial charge in [-0.2, -0.15) is 9.79 Å². The third-order valence-electron chi connectivity index (χ3n) is 9.22. The molecule has 0 fully saturated rings. The molecule has 2 heterocycles. The van der Waals surface area contributed by atoms with Gasteiger partial charge >= 0.3 is 19.5 Å². The topological polar surface area (TPSA) is 25.8 Å². The van der Waals surface area contributed by atoms with Crippen LogP contribution in [0, 0.1) is 6.92 Å². The fraction of sp³-hybridized carbons (Fsp3) is 0.0222. The van der Waals surface area contributed by atoms with Crippen molar-refractivity contribution >= 4 is 97.2 Å². The van der Waals surface area contributed by atoms with Gasteiger partial charge in [0, 0.05) is 0 Å². The molecule has 9 rings (SSSR count). The molecule has 0 aliphatic heterocycles. The normalized spacial score (nSPS) is 11.1. The minimum atomic E-state index is -2.54. The van der Waals surface area contributed by atoms with Crippen LogP contribution in [0.2, 0.25) is 0 Å². The zero-order chi connectivity index (χ0) is 35.5. The first-order valence-corrected chi connectivity index (χ1v) is 21.4. The molecule has 9 aromatic rings. The SMILES string of the molecule is Cc1ccc2nc(-c3ccccc3[S-])sc2c1.[S-]c1ccccc1-c1nc2ccc([Si](c3ccccc3)(c3ccccc3)c3ccccc3)cc2s1.[Zn+2]. The maximum Gasteiger partial charge on any atom is 2.00 e. The van der Waals surface area contributed by atoms with Crippen molar-refractivity contribution in [3.8, 4) is 21.1 Å². The van der Waals surface area contributed by atoms with E-state index in [9.17, 15) is 0 Å². The summed E-state index contributed by atoms with van der Waals surface area (Å²) in [5, 5.41) is 7.47. The van der Waals surface area contributed by atoms with Crippen molar-refractivity contribution in [3.63, 3.8) is 0 Å². The molecule has 7 aromatic carbocycles. The smallest absolute Gasteiger partial charge is 0.779 e. The van der Waals surface area contributed by atoms with Gasteiger partial charge < -0.3 is 25.3 Å². The Bertz CT molecular complexity index is 2530. The second-order valence-electron chi connectivity index (χ2n) is 12.5. The number of aromatic nitrogens is 2. The van der Waals surface area contributed by atoms with Gasteiger partial charge in [0.2, 0.25) is 0 Å². The number of aryl methyl sites for hydroxylation is 1. The number of benzene rings is 7. The number of rotatable bonds is 6.